The van der Waals surface area contributed by atoms with Crippen molar-refractivity contribution in [1.29, 1.82) is 0 Å². The van der Waals surface area contributed by atoms with Crippen LogP contribution in [0.5, 0.6) is 0 Å². The largest absolute Gasteiger partial charge is 0.433 e. The predicted octanol–water partition coefficient (Wildman–Crippen LogP) is 6.20. The molecule has 0 aliphatic carbocycles. The number of hydrogen-bond acceptors (Lipinski definition) is 4. The highest BCUT2D eigenvalue weighted by atomic mass is 35.5. The summed E-state index contributed by atoms with van der Waals surface area (Å²) in [6.07, 6.45) is -16.9. The van der Waals surface area contributed by atoms with Crippen molar-refractivity contribution < 1.29 is 44.3 Å². The standard InChI is InChI=1S/C18H13ClF9N3O2/c1-3-31-12(32)7-11(18(26,27)28)29-15(31)30-14(33-4-2)9-5-8(16(20,21)22)6-10(13(9)19)17(23,24)25/h3,5-7,14H,1,4H2,2H3,(H,29,30). The zero-order valence-electron chi connectivity index (χ0n) is 16.3. The van der Waals surface area contributed by atoms with Crippen LogP contribution in [0.15, 0.2) is 29.6 Å². The normalized spacial score (nSPS) is 13.7. The molecule has 0 fully saturated rings. The van der Waals surface area contributed by atoms with Gasteiger partial charge >= 0.3 is 18.5 Å². The number of nitrogens with one attached hydrogen (secondary N) is 1. The molecule has 1 heterocycles. The van der Waals surface area contributed by atoms with Crippen LogP contribution in [0.3, 0.4) is 0 Å². The molecule has 1 atom stereocenters. The van der Waals surface area contributed by atoms with Gasteiger partial charge in [-0.1, -0.05) is 18.2 Å². The lowest BCUT2D eigenvalue weighted by molar-refractivity contribution is -0.143. The molecule has 0 amide bonds. The Morgan fingerprint density at radius 1 is 1.09 bits per heavy atom. The van der Waals surface area contributed by atoms with Gasteiger partial charge in [0.2, 0.25) is 5.95 Å². The van der Waals surface area contributed by atoms with Crippen molar-refractivity contribution in [3.8, 4) is 0 Å². The molecular weight excluding hydrogens is 497 g/mol. The lowest BCUT2D eigenvalue weighted by Crippen LogP contribution is -2.27. The highest BCUT2D eigenvalue weighted by Gasteiger charge is 2.41. The number of rotatable bonds is 6. The lowest BCUT2D eigenvalue weighted by atomic mass is 10.0. The molecule has 1 unspecified atom stereocenters. The maximum Gasteiger partial charge on any atom is 0.433 e. The first-order valence-electron chi connectivity index (χ1n) is 8.70. The van der Waals surface area contributed by atoms with Crippen molar-refractivity contribution in [3.63, 3.8) is 0 Å². The van der Waals surface area contributed by atoms with E-state index in [1.54, 1.807) is 0 Å². The second kappa shape index (κ2) is 9.25. The van der Waals surface area contributed by atoms with Gasteiger partial charge in [-0.3, -0.25) is 9.36 Å². The molecule has 0 radical (unpaired) electrons. The van der Waals surface area contributed by atoms with Crippen LogP contribution in [0, 0.1) is 0 Å². The van der Waals surface area contributed by atoms with Gasteiger partial charge in [0.1, 0.15) is 0 Å². The van der Waals surface area contributed by atoms with Crippen LogP contribution in [-0.4, -0.2) is 16.2 Å². The Bertz CT molecular complexity index is 1090. The third-order valence-electron chi connectivity index (χ3n) is 4.03. The smallest absolute Gasteiger partial charge is 0.354 e. The number of hydrogen-bond donors (Lipinski definition) is 1. The molecule has 1 N–H and O–H groups in total. The maximum absolute atomic E-state index is 13.3. The van der Waals surface area contributed by atoms with Gasteiger partial charge in [0, 0.05) is 24.4 Å². The van der Waals surface area contributed by atoms with E-state index >= 15 is 0 Å². The molecule has 0 spiro atoms. The third kappa shape index (κ3) is 5.99. The molecule has 0 aliphatic rings. The van der Waals surface area contributed by atoms with Crippen LogP contribution in [0.1, 0.15) is 35.5 Å². The van der Waals surface area contributed by atoms with E-state index in [0.29, 0.717) is 4.57 Å². The highest BCUT2D eigenvalue weighted by molar-refractivity contribution is 6.32. The van der Waals surface area contributed by atoms with Crippen LogP contribution < -0.4 is 10.9 Å². The van der Waals surface area contributed by atoms with E-state index in [9.17, 15) is 44.3 Å². The number of alkyl halides is 9. The average Bonchev–Trinajstić information content (AvgIpc) is 2.65. The van der Waals surface area contributed by atoms with Crippen molar-refractivity contribution in [3.05, 3.63) is 62.5 Å². The first kappa shape index (κ1) is 26.5. The Hall–Kier alpha value is -2.74. The van der Waals surface area contributed by atoms with Gasteiger partial charge in [-0.25, -0.2) is 4.98 Å². The zero-order valence-corrected chi connectivity index (χ0v) is 17.0. The summed E-state index contributed by atoms with van der Waals surface area (Å²) in [5.74, 6) is -0.912. The fourth-order valence-electron chi connectivity index (χ4n) is 2.62. The number of nitrogens with zero attached hydrogens (tertiary/aromatic N) is 2. The molecule has 15 heteroatoms. The van der Waals surface area contributed by atoms with Crippen LogP contribution in [0.25, 0.3) is 6.20 Å². The van der Waals surface area contributed by atoms with E-state index in [1.807, 2.05) is 0 Å². The van der Waals surface area contributed by atoms with Crippen LogP contribution >= 0.6 is 11.6 Å². The molecule has 1 aromatic heterocycles. The van der Waals surface area contributed by atoms with E-state index < -0.39 is 63.7 Å². The van der Waals surface area contributed by atoms with Crippen LogP contribution in [0.2, 0.25) is 5.02 Å². The van der Waals surface area contributed by atoms with E-state index in [4.69, 9.17) is 16.3 Å². The minimum Gasteiger partial charge on any atom is -0.354 e. The van der Waals surface area contributed by atoms with Gasteiger partial charge in [0.15, 0.2) is 11.9 Å². The SMILES string of the molecule is C=Cn1c(NC(OCC)c2cc(C(F)(F)F)cc(C(F)(F)F)c2Cl)nc(C(F)(F)F)cc1=O. The number of benzene rings is 1. The topological polar surface area (TPSA) is 56.1 Å². The van der Waals surface area contributed by atoms with Gasteiger partial charge in [0.05, 0.1) is 16.1 Å². The van der Waals surface area contributed by atoms with Crippen molar-refractivity contribution in [2.75, 3.05) is 11.9 Å². The molecule has 0 aliphatic heterocycles. The summed E-state index contributed by atoms with van der Waals surface area (Å²) in [6, 6.07) is 0.160. The Morgan fingerprint density at radius 2 is 1.70 bits per heavy atom. The molecule has 2 aromatic rings. The van der Waals surface area contributed by atoms with Gasteiger partial charge in [0.25, 0.3) is 5.56 Å². The second-order valence-corrected chi connectivity index (χ2v) is 6.63. The minimum absolute atomic E-state index is 0.127. The Balaban J connectivity index is 2.76. The first-order valence-corrected chi connectivity index (χ1v) is 9.07. The molecule has 182 valence electrons. The molecule has 1 aromatic carbocycles. The summed E-state index contributed by atoms with van der Waals surface area (Å²) in [5.41, 5.74) is -7.44. The maximum atomic E-state index is 13.3. The lowest BCUT2D eigenvalue weighted by Gasteiger charge is -2.25. The number of anilines is 1. The predicted molar refractivity (Wildman–Crippen MR) is 99.3 cm³/mol. The Kier molecular flexibility index (Phi) is 7.43. The summed E-state index contributed by atoms with van der Waals surface area (Å²) < 4.78 is 124. The average molecular weight is 510 g/mol. The van der Waals surface area contributed by atoms with E-state index in [1.165, 1.54) is 6.92 Å². The van der Waals surface area contributed by atoms with Crippen LogP contribution in [0.4, 0.5) is 45.5 Å². The number of halogens is 10. The van der Waals surface area contributed by atoms with Crippen LogP contribution in [-0.2, 0) is 23.3 Å². The minimum atomic E-state index is -5.30. The number of aromatic nitrogens is 2. The summed E-state index contributed by atoms with van der Waals surface area (Å²) >= 11 is 5.72. The van der Waals surface area contributed by atoms with Crippen molar-refractivity contribution in [2.45, 2.75) is 31.7 Å². The molecule has 2 rings (SSSR count). The summed E-state index contributed by atoms with van der Waals surface area (Å²) in [4.78, 5) is 15.2. The summed E-state index contributed by atoms with van der Waals surface area (Å²) in [5, 5.41) is 0.913. The van der Waals surface area contributed by atoms with Crippen molar-refractivity contribution >= 4 is 23.7 Å². The quantitative estimate of drug-likeness (QED) is 0.372. The highest BCUT2D eigenvalue weighted by Crippen LogP contribution is 2.43. The van der Waals surface area contributed by atoms with Crippen molar-refractivity contribution in [1.82, 2.24) is 9.55 Å². The molecule has 33 heavy (non-hydrogen) atoms. The van der Waals surface area contributed by atoms with E-state index in [0.717, 1.165) is 6.20 Å². The van der Waals surface area contributed by atoms with Gasteiger partial charge in [-0.15, -0.1) is 0 Å². The molecule has 0 saturated heterocycles. The Morgan fingerprint density at radius 3 is 2.15 bits per heavy atom. The molecule has 5 nitrogen and oxygen atoms in total. The molecular formula is C18H13ClF9N3O2. The van der Waals surface area contributed by atoms with Gasteiger partial charge in [-0.05, 0) is 19.1 Å². The van der Waals surface area contributed by atoms with Gasteiger partial charge < -0.3 is 10.1 Å². The molecule has 0 bridgehead atoms. The zero-order chi connectivity index (χ0) is 25.4. The van der Waals surface area contributed by atoms with E-state index in [2.05, 4.69) is 16.9 Å². The monoisotopic (exact) mass is 509 g/mol. The third-order valence-corrected chi connectivity index (χ3v) is 4.46. The Labute approximate surface area is 184 Å². The molecule has 0 saturated carbocycles. The fraction of sp³-hybridized carbons (Fsp3) is 0.333. The van der Waals surface area contributed by atoms with E-state index in [-0.39, 0.29) is 24.8 Å². The second-order valence-electron chi connectivity index (χ2n) is 6.26. The fourth-order valence-corrected chi connectivity index (χ4v) is 2.93. The number of ether oxygens (including phenoxy) is 1. The summed E-state index contributed by atoms with van der Waals surface area (Å²) in [6.45, 7) is 4.19. The van der Waals surface area contributed by atoms with Crippen molar-refractivity contribution in [2.24, 2.45) is 0 Å². The first-order chi connectivity index (χ1) is 15.0. The van der Waals surface area contributed by atoms with Gasteiger partial charge in [-0.2, -0.15) is 39.5 Å². The summed E-state index contributed by atoms with van der Waals surface area (Å²) in [7, 11) is 0.